The number of hydrogen-bond donors (Lipinski definition) is 0. The van der Waals surface area contributed by atoms with E-state index in [9.17, 15) is 0 Å². The van der Waals surface area contributed by atoms with Gasteiger partial charge in [-0.2, -0.15) is 0 Å². The summed E-state index contributed by atoms with van der Waals surface area (Å²) < 4.78 is 4.80. The minimum atomic E-state index is 0.0657. The summed E-state index contributed by atoms with van der Waals surface area (Å²) in [6, 6.07) is 6.01. The van der Waals surface area contributed by atoms with Gasteiger partial charge in [0.05, 0.1) is 0 Å². The molecule has 0 bridgehead atoms. The van der Waals surface area contributed by atoms with E-state index in [0.717, 1.165) is 11.3 Å². The van der Waals surface area contributed by atoms with Crippen LogP contribution in [0.4, 0.5) is 0 Å². The lowest BCUT2D eigenvalue weighted by Gasteiger charge is -2.21. The van der Waals surface area contributed by atoms with Crippen molar-refractivity contribution >= 4 is 11.9 Å². The molecule has 1 rings (SSSR count). The van der Waals surface area contributed by atoms with E-state index in [1.165, 1.54) is 5.56 Å². The minimum absolute atomic E-state index is 0.0657. The van der Waals surface area contributed by atoms with Crippen LogP contribution in [0.15, 0.2) is 18.2 Å². The molecule has 1 aromatic rings. The smallest absolute Gasteiger partial charge is 0.150 e. The highest BCUT2D eigenvalue weighted by Gasteiger charge is 2.18. The number of hydrogen-bond acceptors (Lipinski definition) is 1. The summed E-state index contributed by atoms with van der Waals surface area (Å²) in [4.78, 5) is 0. The van der Waals surface area contributed by atoms with Crippen molar-refractivity contribution in [3.05, 3.63) is 29.3 Å². The zero-order valence-corrected chi connectivity index (χ0v) is 9.27. The summed E-state index contributed by atoms with van der Waals surface area (Å²) in [7, 11) is 0. The van der Waals surface area contributed by atoms with Gasteiger partial charge in [-0.15, -0.1) is 0 Å². The van der Waals surface area contributed by atoms with Crippen LogP contribution in [0, 0.1) is 6.92 Å². The van der Waals surface area contributed by atoms with Crippen molar-refractivity contribution in [3.63, 3.8) is 0 Å². The molecule has 0 aromatic heterocycles. The molecule has 0 aliphatic rings. The Balaban J connectivity index is 3.24. The van der Waals surface area contributed by atoms with Crippen LogP contribution in [0.5, 0.6) is 5.75 Å². The molecule has 0 amide bonds. The van der Waals surface area contributed by atoms with Gasteiger partial charge in [-0.05, 0) is 18.4 Å². The molecule has 0 spiro atoms. The van der Waals surface area contributed by atoms with Crippen molar-refractivity contribution < 1.29 is 4.29 Å². The molecule has 0 saturated heterocycles. The summed E-state index contributed by atoms with van der Waals surface area (Å²) in [6.45, 7) is 8.48. The Labute approximate surface area is 84.8 Å². The highest BCUT2D eigenvalue weighted by molar-refractivity contribution is 6.09. The number of aryl methyl sites for hydroxylation is 1. The fourth-order valence-corrected chi connectivity index (χ4v) is 1.43. The molecule has 0 heterocycles. The first-order valence-electron chi connectivity index (χ1n) is 4.35. The van der Waals surface area contributed by atoms with E-state index in [4.69, 9.17) is 16.2 Å². The Morgan fingerprint density at radius 3 is 2.31 bits per heavy atom. The molecule has 1 nitrogen and oxygen atoms in total. The Kier molecular flexibility index (Phi) is 2.87. The Hall–Kier alpha value is -0.690. The summed E-state index contributed by atoms with van der Waals surface area (Å²) >= 11 is 5.39. The second-order valence-corrected chi connectivity index (χ2v) is 4.48. The number of benzene rings is 1. The van der Waals surface area contributed by atoms with Gasteiger partial charge in [0.1, 0.15) is 17.6 Å². The SMILES string of the molecule is Cc1ccc(OCl)c(C(C)(C)C)c1. The topological polar surface area (TPSA) is 9.23 Å². The first-order valence-corrected chi connectivity index (χ1v) is 4.66. The second-order valence-electron chi connectivity index (χ2n) is 4.33. The van der Waals surface area contributed by atoms with Crippen molar-refractivity contribution in [2.24, 2.45) is 0 Å². The summed E-state index contributed by atoms with van der Waals surface area (Å²) in [5.41, 5.74) is 2.43. The van der Waals surface area contributed by atoms with Crippen LogP contribution >= 0.6 is 11.9 Å². The van der Waals surface area contributed by atoms with Gasteiger partial charge in [-0.1, -0.05) is 38.5 Å². The van der Waals surface area contributed by atoms with Crippen molar-refractivity contribution in [2.45, 2.75) is 33.1 Å². The predicted molar refractivity (Wildman–Crippen MR) is 56.4 cm³/mol. The summed E-state index contributed by atoms with van der Waals surface area (Å²) in [5, 5.41) is 0. The summed E-state index contributed by atoms with van der Waals surface area (Å²) in [5.74, 6) is 0.750. The maximum atomic E-state index is 5.39. The second kappa shape index (κ2) is 3.59. The van der Waals surface area contributed by atoms with Crippen LogP contribution in [0.2, 0.25) is 0 Å². The Bertz CT molecular complexity index is 299. The first-order chi connectivity index (χ1) is 5.95. The number of rotatable bonds is 1. The monoisotopic (exact) mass is 198 g/mol. The van der Waals surface area contributed by atoms with E-state index in [1.54, 1.807) is 0 Å². The predicted octanol–water partition coefficient (Wildman–Crippen LogP) is 3.83. The van der Waals surface area contributed by atoms with E-state index >= 15 is 0 Å². The third kappa shape index (κ3) is 2.38. The minimum Gasteiger partial charge on any atom is -0.385 e. The van der Waals surface area contributed by atoms with Gasteiger partial charge in [0.2, 0.25) is 0 Å². The van der Waals surface area contributed by atoms with Gasteiger partial charge in [-0.3, -0.25) is 0 Å². The molecule has 0 fully saturated rings. The van der Waals surface area contributed by atoms with Gasteiger partial charge < -0.3 is 4.29 Å². The highest BCUT2D eigenvalue weighted by Crippen LogP contribution is 2.32. The van der Waals surface area contributed by atoms with E-state index in [2.05, 4.69) is 33.8 Å². The normalized spacial score (nSPS) is 11.5. The molecule has 0 aliphatic heterocycles. The van der Waals surface area contributed by atoms with Crippen molar-refractivity contribution in [2.75, 3.05) is 0 Å². The lowest BCUT2D eigenvalue weighted by molar-refractivity contribution is 0.536. The fourth-order valence-electron chi connectivity index (χ4n) is 1.30. The Morgan fingerprint density at radius 2 is 1.85 bits per heavy atom. The van der Waals surface area contributed by atoms with E-state index in [-0.39, 0.29) is 5.41 Å². The molecular weight excluding hydrogens is 184 g/mol. The third-order valence-electron chi connectivity index (χ3n) is 2.03. The molecule has 0 saturated carbocycles. The van der Waals surface area contributed by atoms with E-state index in [0.29, 0.717) is 0 Å². The molecule has 0 atom stereocenters. The summed E-state index contributed by atoms with van der Waals surface area (Å²) in [6.07, 6.45) is 0. The van der Waals surface area contributed by atoms with Gasteiger partial charge >= 0.3 is 0 Å². The zero-order chi connectivity index (χ0) is 10.1. The van der Waals surface area contributed by atoms with E-state index in [1.807, 2.05) is 12.1 Å². The molecule has 0 aliphatic carbocycles. The zero-order valence-electron chi connectivity index (χ0n) is 8.52. The average molecular weight is 199 g/mol. The van der Waals surface area contributed by atoms with Gasteiger partial charge in [0, 0.05) is 5.56 Å². The highest BCUT2D eigenvalue weighted by atomic mass is 35.5. The Morgan fingerprint density at radius 1 is 1.23 bits per heavy atom. The van der Waals surface area contributed by atoms with Crippen LogP contribution in [-0.2, 0) is 5.41 Å². The van der Waals surface area contributed by atoms with Gasteiger partial charge in [0.15, 0.2) is 0 Å². The molecule has 1 aromatic carbocycles. The molecule has 72 valence electrons. The first kappa shape index (κ1) is 10.4. The van der Waals surface area contributed by atoms with Crippen LogP contribution in [0.3, 0.4) is 0 Å². The van der Waals surface area contributed by atoms with Gasteiger partial charge in [-0.25, -0.2) is 0 Å². The van der Waals surface area contributed by atoms with Crippen LogP contribution in [-0.4, -0.2) is 0 Å². The van der Waals surface area contributed by atoms with Crippen molar-refractivity contribution in [1.29, 1.82) is 0 Å². The number of halogens is 1. The quantitative estimate of drug-likeness (QED) is 0.667. The maximum Gasteiger partial charge on any atom is 0.150 e. The van der Waals surface area contributed by atoms with Gasteiger partial charge in [0.25, 0.3) is 0 Å². The van der Waals surface area contributed by atoms with Crippen molar-refractivity contribution in [1.82, 2.24) is 0 Å². The van der Waals surface area contributed by atoms with Crippen LogP contribution in [0.25, 0.3) is 0 Å². The maximum absolute atomic E-state index is 5.39. The van der Waals surface area contributed by atoms with E-state index < -0.39 is 0 Å². The molecule has 0 radical (unpaired) electrons. The largest absolute Gasteiger partial charge is 0.385 e. The van der Waals surface area contributed by atoms with Crippen LogP contribution < -0.4 is 4.29 Å². The lowest BCUT2D eigenvalue weighted by Crippen LogP contribution is -2.12. The third-order valence-corrected chi connectivity index (χ3v) is 2.19. The standard InChI is InChI=1S/C11H15ClO/c1-8-5-6-10(13-12)9(7-8)11(2,3)4/h5-7H,1-4H3. The molecular formula is C11H15ClO. The fraction of sp³-hybridized carbons (Fsp3) is 0.455. The molecule has 2 heteroatoms. The molecule has 0 N–H and O–H groups in total. The van der Waals surface area contributed by atoms with Crippen LogP contribution in [0.1, 0.15) is 31.9 Å². The van der Waals surface area contributed by atoms with Crippen molar-refractivity contribution in [3.8, 4) is 5.75 Å². The molecule has 13 heavy (non-hydrogen) atoms. The lowest BCUT2D eigenvalue weighted by atomic mass is 9.85. The average Bonchev–Trinajstić information content (AvgIpc) is 2.03. The molecule has 0 unspecified atom stereocenters.